The molecule has 0 spiro atoms. The summed E-state index contributed by atoms with van der Waals surface area (Å²) in [5.74, 6) is 1.36. The van der Waals surface area contributed by atoms with E-state index in [0.29, 0.717) is 67.0 Å². The van der Waals surface area contributed by atoms with Crippen LogP contribution in [0.1, 0.15) is 61.0 Å². The maximum absolute atomic E-state index is 14.0. The maximum atomic E-state index is 14.0. The molecule has 7 heterocycles. The fraction of sp³-hybridized carbons (Fsp3) is 0.489. The topological polar surface area (TPSA) is 164 Å². The van der Waals surface area contributed by atoms with Gasteiger partial charge in [0.25, 0.3) is 5.91 Å². The molecule has 4 fully saturated rings. The van der Waals surface area contributed by atoms with E-state index in [0.717, 1.165) is 105 Å². The number of pyridine rings is 1. The van der Waals surface area contributed by atoms with Gasteiger partial charge in [-0.1, -0.05) is 0 Å². The van der Waals surface area contributed by atoms with Crippen LogP contribution in [0.15, 0.2) is 60.8 Å². The lowest BCUT2D eigenvalue weighted by Crippen LogP contribution is -2.60. The molecular formula is C47H57N11O5. The van der Waals surface area contributed by atoms with Gasteiger partial charge in [0.15, 0.2) is 0 Å². The number of piperazine rings is 1. The van der Waals surface area contributed by atoms with E-state index in [1.54, 1.807) is 18.0 Å². The van der Waals surface area contributed by atoms with Crippen molar-refractivity contribution in [2.75, 3.05) is 73.5 Å². The Morgan fingerprint density at radius 1 is 0.857 bits per heavy atom. The number of aryl methyl sites for hydroxylation is 2. The van der Waals surface area contributed by atoms with E-state index in [-0.39, 0.29) is 23.8 Å². The predicted octanol–water partition coefficient (Wildman–Crippen LogP) is 5.22. The Kier molecular flexibility index (Phi) is 11.3. The molecule has 0 radical (unpaired) electrons. The normalized spacial score (nSPS) is 23.6. The van der Waals surface area contributed by atoms with Gasteiger partial charge in [0, 0.05) is 94.2 Å². The number of fused-ring (bicyclic) bond motifs is 9. The highest BCUT2D eigenvalue weighted by Gasteiger charge is 2.35. The Hall–Kier alpha value is -6.00. The predicted molar refractivity (Wildman–Crippen MR) is 241 cm³/mol. The van der Waals surface area contributed by atoms with Crippen molar-refractivity contribution in [3.63, 3.8) is 0 Å². The number of nitrogens with one attached hydrogen (secondary N) is 3. The third-order valence-corrected chi connectivity index (χ3v) is 13.9. The van der Waals surface area contributed by atoms with Crippen molar-refractivity contribution in [1.29, 1.82) is 0 Å². The fourth-order valence-electron chi connectivity index (χ4n) is 10.6. The number of anilines is 4. The van der Waals surface area contributed by atoms with Gasteiger partial charge < -0.3 is 29.2 Å². The third kappa shape index (κ3) is 8.45. The molecule has 2 aromatic carbocycles. The summed E-state index contributed by atoms with van der Waals surface area (Å²) >= 11 is 0. The second kappa shape index (κ2) is 17.3. The largest absolute Gasteiger partial charge is 0.477 e. The van der Waals surface area contributed by atoms with Crippen molar-refractivity contribution < 1.29 is 23.9 Å². The Labute approximate surface area is 367 Å². The first-order chi connectivity index (χ1) is 30.6. The first-order valence-electron chi connectivity index (χ1n) is 22.6. The summed E-state index contributed by atoms with van der Waals surface area (Å²) in [4.78, 5) is 55.3. The van der Waals surface area contributed by atoms with Crippen molar-refractivity contribution in [2.45, 2.75) is 76.5 Å². The summed E-state index contributed by atoms with van der Waals surface area (Å²) in [5.41, 5.74) is 7.76. The Balaban J connectivity index is 0.837. The number of piperidine rings is 2. The Bertz CT molecular complexity index is 2510. The molecule has 330 valence electrons. The molecule has 10 rings (SSSR count). The van der Waals surface area contributed by atoms with Gasteiger partial charge in [-0.3, -0.25) is 34.9 Å². The lowest BCUT2D eigenvalue weighted by Gasteiger charge is -2.48. The number of amides is 3. The first-order valence-corrected chi connectivity index (χ1v) is 22.6. The van der Waals surface area contributed by atoms with Crippen molar-refractivity contribution in [1.82, 2.24) is 34.5 Å². The molecule has 4 bridgehead atoms. The monoisotopic (exact) mass is 855 g/mol. The molecule has 3 N–H and O–H groups in total. The van der Waals surface area contributed by atoms with Crippen LogP contribution in [-0.4, -0.2) is 118 Å². The van der Waals surface area contributed by atoms with Crippen LogP contribution >= 0.6 is 0 Å². The minimum absolute atomic E-state index is 0.209. The van der Waals surface area contributed by atoms with E-state index in [9.17, 15) is 14.4 Å². The number of rotatable bonds is 7. The van der Waals surface area contributed by atoms with Crippen LogP contribution in [-0.2, 0) is 27.9 Å². The maximum Gasteiger partial charge on any atom is 0.258 e. The van der Waals surface area contributed by atoms with Gasteiger partial charge in [0.1, 0.15) is 6.04 Å². The van der Waals surface area contributed by atoms with E-state index in [4.69, 9.17) is 19.4 Å². The molecule has 16 heteroatoms. The highest BCUT2D eigenvalue weighted by Crippen LogP contribution is 2.38. The zero-order valence-electron chi connectivity index (χ0n) is 36.4. The molecule has 63 heavy (non-hydrogen) atoms. The van der Waals surface area contributed by atoms with Gasteiger partial charge in [0.05, 0.1) is 47.7 Å². The lowest BCUT2D eigenvalue weighted by atomic mass is 9.98. The highest BCUT2D eigenvalue weighted by atomic mass is 16.5. The molecule has 16 nitrogen and oxygen atoms in total. The third-order valence-electron chi connectivity index (χ3n) is 13.9. The molecule has 4 atom stereocenters. The van der Waals surface area contributed by atoms with Crippen LogP contribution in [0.2, 0.25) is 0 Å². The molecule has 5 aromatic rings. The number of nitrogens with zero attached hydrogens (tertiary/aromatic N) is 8. The number of hydrogen-bond donors (Lipinski definition) is 3. The zero-order chi connectivity index (χ0) is 43.2. The van der Waals surface area contributed by atoms with Crippen molar-refractivity contribution >= 4 is 51.8 Å². The van der Waals surface area contributed by atoms with Gasteiger partial charge in [-0.2, -0.15) is 5.10 Å². The molecule has 5 aliphatic rings. The summed E-state index contributed by atoms with van der Waals surface area (Å²) in [5, 5.41) is 13.4. The van der Waals surface area contributed by atoms with Crippen LogP contribution in [0.3, 0.4) is 0 Å². The van der Waals surface area contributed by atoms with Gasteiger partial charge >= 0.3 is 0 Å². The number of carbonyl (C=O) groups excluding carboxylic acids is 3. The molecule has 4 aliphatic heterocycles. The number of hydrogen-bond acceptors (Lipinski definition) is 12. The molecule has 1 saturated carbocycles. The molecule has 3 amide bonds. The Morgan fingerprint density at radius 2 is 1.67 bits per heavy atom. The number of ether oxygens (including phenoxy) is 2. The number of aromatic nitrogens is 5. The summed E-state index contributed by atoms with van der Waals surface area (Å²) < 4.78 is 16.3. The average molecular weight is 856 g/mol. The quantitative estimate of drug-likeness (QED) is 0.183. The number of benzene rings is 2. The first kappa shape index (κ1) is 41.0. The number of imide groups is 1. The van der Waals surface area contributed by atoms with E-state index in [1.165, 1.54) is 5.69 Å². The van der Waals surface area contributed by atoms with Gasteiger partial charge in [0.2, 0.25) is 23.6 Å². The van der Waals surface area contributed by atoms with Crippen molar-refractivity contribution in [2.24, 2.45) is 18.9 Å². The summed E-state index contributed by atoms with van der Waals surface area (Å²) in [7, 11) is 3.68. The minimum atomic E-state index is -0.396. The highest BCUT2D eigenvalue weighted by molar-refractivity contribution is 6.05. The van der Waals surface area contributed by atoms with Crippen LogP contribution < -0.4 is 30.5 Å². The summed E-state index contributed by atoms with van der Waals surface area (Å²) in [6, 6.07) is 18.8. The average Bonchev–Trinajstić information content (AvgIpc) is 4.00. The van der Waals surface area contributed by atoms with Gasteiger partial charge in [-0.25, -0.2) is 9.67 Å². The summed E-state index contributed by atoms with van der Waals surface area (Å²) in [6.07, 6.45) is 7.93. The second-order valence-corrected chi connectivity index (χ2v) is 18.1. The van der Waals surface area contributed by atoms with Crippen LogP contribution in [0, 0.1) is 18.8 Å². The fourth-order valence-corrected chi connectivity index (χ4v) is 10.6. The van der Waals surface area contributed by atoms with E-state index >= 15 is 0 Å². The second-order valence-electron chi connectivity index (χ2n) is 18.1. The molecule has 1 unspecified atom stereocenters. The molecule has 3 saturated heterocycles. The lowest BCUT2D eigenvalue weighted by molar-refractivity contribution is -0.133. The molecule has 1 aliphatic carbocycles. The van der Waals surface area contributed by atoms with E-state index in [1.807, 2.05) is 38.2 Å². The van der Waals surface area contributed by atoms with E-state index in [2.05, 4.69) is 70.6 Å². The SMILES string of the molecule is COC[C@@H]1CN(c2ccc3nc4n(c3c2)C[C@@H]2CC[C@H](COc3c(cnn3C)-c3cc(cc(C)n3)C(=O)N4)C2)CCN1C1CCN(c2ccc(NC3CCC(=O)NC3=O)cc2)CC1. The minimum Gasteiger partial charge on any atom is -0.477 e. The van der Waals surface area contributed by atoms with Crippen molar-refractivity contribution in [3.05, 3.63) is 72.1 Å². The summed E-state index contributed by atoms with van der Waals surface area (Å²) in [6.45, 7) is 8.54. The smallest absolute Gasteiger partial charge is 0.258 e. The molecule has 3 aromatic heterocycles. The van der Waals surface area contributed by atoms with Crippen LogP contribution in [0.5, 0.6) is 5.88 Å². The van der Waals surface area contributed by atoms with Crippen molar-refractivity contribution in [3.8, 4) is 17.1 Å². The van der Waals surface area contributed by atoms with Crippen LogP contribution in [0.25, 0.3) is 22.3 Å². The van der Waals surface area contributed by atoms with Crippen LogP contribution in [0.4, 0.5) is 23.0 Å². The van der Waals surface area contributed by atoms with E-state index < -0.39 is 6.04 Å². The zero-order valence-corrected chi connectivity index (χ0v) is 36.4. The van der Waals surface area contributed by atoms with Gasteiger partial charge in [-0.15, -0.1) is 0 Å². The number of carbonyl (C=O) groups is 3. The standard InChI is InChI=1S/C47H57N11O5/c1-29-20-32-22-41(49-29)38-24-48-54(2)46(38)63-27-31-5-4-30(21-31)25-58-42-23-36(10-11-39(42)51-47(58)53-44(32)60)56-18-19-57(37(26-56)28-62-3)35-14-16-55(17-15-35)34-8-6-33(7-9-34)50-40-12-13-43(59)52-45(40)61/h6-11,20,22-24,30-31,35,37,40,50H,4-5,12-19,21,25-28H2,1-3H3,(H,51,53,60)(H,52,59,61)/t30-,31+,37+,40?/m1/s1. The Morgan fingerprint density at radius 3 is 2.48 bits per heavy atom. The number of methoxy groups -OCH3 is 1. The number of imidazole rings is 1. The van der Waals surface area contributed by atoms with Gasteiger partial charge in [-0.05, 0) is 112 Å². The molecular weight excluding hydrogens is 799 g/mol.